The summed E-state index contributed by atoms with van der Waals surface area (Å²) >= 11 is 0. The highest BCUT2D eigenvalue weighted by molar-refractivity contribution is 7.53. The third kappa shape index (κ3) is 7.46. The van der Waals surface area contributed by atoms with Gasteiger partial charge in [-0.15, -0.1) is 0 Å². The molecule has 3 aliphatic heterocycles. The number of nitrogens with zero attached hydrogens (tertiary/aromatic N) is 1. The molecule has 0 aromatic rings. The Morgan fingerprint density at radius 2 is 1.57 bits per heavy atom. The molecule has 0 spiro atoms. The molecule has 3 rings (SSSR count). The molecule has 0 aliphatic carbocycles. The lowest BCUT2D eigenvalue weighted by Crippen LogP contribution is -2.50. The molecule has 5 N–H and O–H groups in total. The van der Waals surface area contributed by atoms with E-state index in [2.05, 4.69) is 10.6 Å². The molecule has 0 aromatic carbocycles. The lowest BCUT2D eigenvalue weighted by Gasteiger charge is -2.39. The molecule has 30 heavy (non-hydrogen) atoms. The van der Waals surface area contributed by atoms with Crippen molar-refractivity contribution in [3.8, 4) is 0 Å². The van der Waals surface area contributed by atoms with Gasteiger partial charge >= 0.3 is 7.67 Å². The summed E-state index contributed by atoms with van der Waals surface area (Å²) in [5.41, 5.74) is 6.08. The summed E-state index contributed by atoms with van der Waals surface area (Å²) in [7, 11) is -3.47. The van der Waals surface area contributed by atoms with Crippen molar-refractivity contribution in [2.24, 2.45) is 5.50 Å². The summed E-state index contributed by atoms with van der Waals surface area (Å²) in [4.78, 5) is 0. The zero-order valence-corrected chi connectivity index (χ0v) is 18.8. The van der Waals surface area contributed by atoms with Crippen LogP contribution in [0.15, 0.2) is 0 Å². The van der Waals surface area contributed by atoms with E-state index < -0.39 is 7.67 Å². The van der Waals surface area contributed by atoms with Crippen molar-refractivity contribution >= 4 is 7.67 Å². The number of nitrogens with two attached hydrogens (primary N) is 1. The van der Waals surface area contributed by atoms with Gasteiger partial charge in [-0.2, -0.15) is 0 Å². The zero-order chi connectivity index (χ0) is 21.6. The maximum absolute atomic E-state index is 13.0. The predicted molar refractivity (Wildman–Crippen MR) is 110 cm³/mol. The minimum absolute atomic E-state index is 0.0195. The van der Waals surface area contributed by atoms with Crippen LogP contribution >= 0.6 is 7.67 Å². The Bertz CT molecular complexity index is 575. The Morgan fingerprint density at radius 3 is 2.30 bits per heavy atom. The molecular formula is C18H37N4O7P. The van der Waals surface area contributed by atoms with Crippen LogP contribution in [-0.2, 0) is 28.0 Å². The second-order valence-electron chi connectivity index (χ2n) is 8.29. The Balaban J connectivity index is 1.42. The first-order valence-corrected chi connectivity index (χ1v) is 12.4. The summed E-state index contributed by atoms with van der Waals surface area (Å²) in [6.45, 7) is 8.31. The predicted octanol–water partition coefficient (Wildman–Crippen LogP) is -1.10. The molecule has 3 heterocycles. The molecule has 0 bridgehead atoms. The van der Waals surface area contributed by atoms with Crippen molar-refractivity contribution in [3.63, 3.8) is 0 Å². The Kier molecular flexibility index (Phi) is 9.48. The topological polar surface area (TPSA) is 137 Å². The lowest BCUT2D eigenvalue weighted by atomic mass is 10.2. The molecule has 3 saturated heterocycles. The molecule has 12 heteroatoms. The van der Waals surface area contributed by atoms with E-state index in [1.54, 1.807) is 4.67 Å². The average Bonchev–Trinajstić information content (AvgIpc) is 2.72. The van der Waals surface area contributed by atoms with Gasteiger partial charge in [0.05, 0.1) is 63.1 Å². The normalized spacial score (nSPS) is 38.3. The molecule has 0 radical (unpaired) electrons. The lowest BCUT2D eigenvalue weighted by molar-refractivity contribution is -0.122. The summed E-state index contributed by atoms with van der Waals surface area (Å²) in [6, 6.07) is 0. The Morgan fingerprint density at radius 1 is 0.933 bits per heavy atom. The molecule has 176 valence electrons. The molecule has 0 aromatic heterocycles. The van der Waals surface area contributed by atoms with Gasteiger partial charge in [0.1, 0.15) is 0 Å². The number of ether oxygens (including phenoxy) is 4. The van der Waals surface area contributed by atoms with E-state index in [4.69, 9.17) is 29.0 Å². The SMILES string of the molecule is CC1CNCC(COP(N)(=O)N2CC(C)OC(COCC3CNCC(CO)O3)C2)O1. The first kappa shape index (κ1) is 24.5. The van der Waals surface area contributed by atoms with E-state index in [1.807, 2.05) is 13.8 Å². The molecule has 7 unspecified atom stereocenters. The first-order valence-electron chi connectivity index (χ1n) is 10.7. The number of rotatable bonds is 9. The average molecular weight is 452 g/mol. The second kappa shape index (κ2) is 11.6. The van der Waals surface area contributed by atoms with E-state index in [1.165, 1.54) is 0 Å². The second-order valence-corrected chi connectivity index (χ2v) is 10.2. The maximum Gasteiger partial charge on any atom is 0.341 e. The smallest absolute Gasteiger partial charge is 0.341 e. The molecular weight excluding hydrogens is 415 g/mol. The molecule has 3 fully saturated rings. The van der Waals surface area contributed by atoms with Crippen molar-refractivity contribution in [1.29, 1.82) is 0 Å². The molecule has 0 amide bonds. The largest absolute Gasteiger partial charge is 0.394 e. The minimum Gasteiger partial charge on any atom is -0.394 e. The van der Waals surface area contributed by atoms with E-state index in [0.29, 0.717) is 45.9 Å². The van der Waals surface area contributed by atoms with Crippen molar-refractivity contribution in [3.05, 3.63) is 0 Å². The van der Waals surface area contributed by atoms with E-state index in [-0.39, 0.29) is 49.8 Å². The standard InChI is InChI=1S/C18H37N4O7P/c1-13-3-20-6-17(27-13)12-26-30(19,24)22-7-14(2)28-18(8-22)11-25-10-16-5-21-4-15(9-23)29-16/h13-18,20-21,23H,3-12H2,1-2H3,(H2,19,24). The number of morpholine rings is 3. The number of nitrogens with one attached hydrogen (secondary N) is 2. The maximum atomic E-state index is 13.0. The monoisotopic (exact) mass is 452 g/mol. The number of aliphatic hydroxyl groups excluding tert-OH is 1. The van der Waals surface area contributed by atoms with Crippen LogP contribution in [0.4, 0.5) is 0 Å². The van der Waals surface area contributed by atoms with Gasteiger partial charge in [-0.1, -0.05) is 0 Å². The van der Waals surface area contributed by atoms with Gasteiger partial charge in [-0.25, -0.2) is 10.2 Å². The number of hydrogen-bond acceptors (Lipinski definition) is 9. The fraction of sp³-hybridized carbons (Fsp3) is 1.00. The van der Waals surface area contributed by atoms with Gasteiger partial charge < -0.3 is 39.2 Å². The van der Waals surface area contributed by atoms with Gasteiger partial charge in [0.2, 0.25) is 0 Å². The summed E-state index contributed by atoms with van der Waals surface area (Å²) in [5, 5.41) is 15.7. The van der Waals surface area contributed by atoms with Crippen LogP contribution in [-0.4, -0.2) is 112 Å². The van der Waals surface area contributed by atoms with Gasteiger partial charge in [0.25, 0.3) is 0 Å². The third-order valence-electron chi connectivity index (χ3n) is 5.32. The van der Waals surface area contributed by atoms with Crippen molar-refractivity contribution in [1.82, 2.24) is 15.3 Å². The number of aliphatic hydroxyl groups is 1. The van der Waals surface area contributed by atoms with Crippen molar-refractivity contribution in [2.45, 2.75) is 50.5 Å². The van der Waals surface area contributed by atoms with E-state index in [0.717, 1.165) is 6.54 Å². The summed E-state index contributed by atoms with van der Waals surface area (Å²) < 4.78 is 43.5. The highest BCUT2D eigenvalue weighted by atomic mass is 31.2. The van der Waals surface area contributed by atoms with Crippen molar-refractivity contribution in [2.75, 3.05) is 65.7 Å². The van der Waals surface area contributed by atoms with E-state index >= 15 is 0 Å². The van der Waals surface area contributed by atoms with Crippen molar-refractivity contribution < 1.29 is 33.1 Å². The van der Waals surface area contributed by atoms with Gasteiger partial charge in [-0.05, 0) is 13.8 Å². The Hall–Kier alpha value is -0.170. The third-order valence-corrected chi connectivity index (χ3v) is 6.95. The van der Waals surface area contributed by atoms with Crippen LogP contribution in [0.25, 0.3) is 0 Å². The molecule has 3 aliphatic rings. The van der Waals surface area contributed by atoms with Crippen LogP contribution in [0, 0.1) is 0 Å². The Labute approximate surface area is 178 Å². The van der Waals surface area contributed by atoms with Crippen LogP contribution < -0.4 is 16.1 Å². The highest BCUT2D eigenvalue weighted by Gasteiger charge is 2.37. The fourth-order valence-corrected chi connectivity index (χ4v) is 5.30. The fourth-order valence-electron chi connectivity index (χ4n) is 3.89. The summed E-state index contributed by atoms with van der Waals surface area (Å²) in [6.07, 6.45) is -0.830. The molecule has 11 nitrogen and oxygen atoms in total. The van der Waals surface area contributed by atoms with Gasteiger partial charge in [0, 0.05) is 39.3 Å². The number of hydrogen-bond donors (Lipinski definition) is 4. The molecule has 0 saturated carbocycles. The van der Waals surface area contributed by atoms with Crippen LogP contribution in [0.5, 0.6) is 0 Å². The van der Waals surface area contributed by atoms with Crippen LogP contribution in [0.3, 0.4) is 0 Å². The van der Waals surface area contributed by atoms with E-state index in [9.17, 15) is 9.67 Å². The van der Waals surface area contributed by atoms with Gasteiger partial charge in [-0.3, -0.25) is 4.57 Å². The summed E-state index contributed by atoms with van der Waals surface area (Å²) in [5.74, 6) is 0. The highest BCUT2D eigenvalue weighted by Crippen LogP contribution is 2.44. The molecule has 7 atom stereocenters. The first-order chi connectivity index (χ1) is 14.4. The minimum atomic E-state index is -3.47. The zero-order valence-electron chi connectivity index (χ0n) is 17.9. The van der Waals surface area contributed by atoms with Crippen LogP contribution in [0.2, 0.25) is 0 Å². The quantitative estimate of drug-likeness (QED) is 0.317. The van der Waals surface area contributed by atoms with Crippen LogP contribution in [0.1, 0.15) is 13.8 Å². The van der Waals surface area contributed by atoms with Gasteiger partial charge in [0.15, 0.2) is 0 Å².